The van der Waals surface area contributed by atoms with Gasteiger partial charge in [0, 0.05) is 25.0 Å². The number of hydrogen-bond donors (Lipinski definition) is 1. The van der Waals surface area contributed by atoms with Gasteiger partial charge >= 0.3 is 0 Å². The molecule has 22 heavy (non-hydrogen) atoms. The fourth-order valence-electron chi connectivity index (χ4n) is 2.47. The fraction of sp³-hybridized carbons (Fsp3) is 0.105. The van der Waals surface area contributed by atoms with E-state index in [2.05, 4.69) is 34.6 Å². The third kappa shape index (κ3) is 3.26. The minimum atomic E-state index is -0.119. The van der Waals surface area contributed by atoms with E-state index in [0.29, 0.717) is 0 Å². The Balaban J connectivity index is 1.73. The largest absolute Gasteiger partial charge is 0.370 e. The van der Waals surface area contributed by atoms with E-state index in [-0.39, 0.29) is 11.9 Å². The summed E-state index contributed by atoms with van der Waals surface area (Å²) in [6.45, 7) is 0. The van der Waals surface area contributed by atoms with Gasteiger partial charge in [0.05, 0.1) is 6.04 Å². The van der Waals surface area contributed by atoms with E-state index in [0.717, 1.165) is 5.69 Å². The lowest BCUT2D eigenvalue weighted by atomic mass is 10.1. The van der Waals surface area contributed by atoms with Gasteiger partial charge in [-0.15, -0.1) is 0 Å². The molecule has 1 atom stereocenters. The van der Waals surface area contributed by atoms with Crippen LogP contribution < -0.4 is 15.8 Å². The Morgan fingerprint density at radius 2 is 1.73 bits per heavy atom. The molecule has 1 heterocycles. The Kier molecular flexibility index (Phi) is 4.05. The highest BCUT2D eigenvalue weighted by atomic mass is 16.1. The molecule has 3 heteroatoms. The lowest BCUT2D eigenvalue weighted by Gasteiger charge is -2.24. The number of amides is 1. The molecule has 110 valence electrons. The first-order chi connectivity index (χ1) is 10.7. The van der Waals surface area contributed by atoms with Gasteiger partial charge in [0.15, 0.2) is 0 Å². The van der Waals surface area contributed by atoms with Crippen LogP contribution >= 0.6 is 0 Å². The van der Waals surface area contributed by atoms with Gasteiger partial charge in [0.25, 0.3) is 0 Å². The molecule has 0 radical (unpaired) electrons. The van der Waals surface area contributed by atoms with Gasteiger partial charge < -0.3 is 10.2 Å². The van der Waals surface area contributed by atoms with Crippen LogP contribution in [-0.4, -0.2) is 23.9 Å². The molecule has 0 saturated heterocycles. The summed E-state index contributed by atoms with van der Waals surface area (Å²) in [5.41, 5.74) is 0.801. The summed E-state index contributed by atoms with van der Waals surface area (Å²) in [5.74, 6) is -0.119. The van der Waals surface area contributed by atoms with Crippen molar-refractivity contribution in [3.8, 4) is 0 Å². The summed E-state index contributed by atoms with van der Waals surface area (Å²) in [5, 5.41) is 5.24. The number of likely N-dealkylation sites (N-methyl/N-ethyl adjacent to an activating group) is 1. The lowest BCUT2D eigenvalue weighted by Crippen LogP contribution is -2.38. The molecule has 1 N–H and O–H groups in total. The van der Waals surface area contributed by atoms with Crippen LogP contribution in [0.3, 0.4) is 0 Å². The monoisotopic (exact) mass is 290 g/mol. The Morgan fingerprint density at radius 3 is 2.50 bits per heavy atom. The predicted octanol–water partition coefficient (Wildman–Crippen LogP) is 1.71. The zero-order chi connectivity index (χ0) is 15.4. The van der Waals surface area contributed by atoms with E-state index in [1.54, 1.807) is 6.08 Å². The average molecular weight is 290 g/mol. The second kappa shape index (κ2) is 6.31. The van der Waals surface area contributed by atoms with Gasteiger partial charge in [-0.25, -0.2) is 0 Å². The summed E-state index contributed by atoms with van der Waals surface area (Å²) in [7, 11) is 2.01. The van der Waals surface area contributed by atoms with E-state index >= 15 is 0 Å². The SMILES string of the molecule is CN1C=c2ccccc2=CC1/C=C/C(=O)Nc1ccccc1. The number of benzene rings is 2. The molecular weight excluding hydrogens is 272 g/mol. The van der Waals surface area contributed by atoms with E-state index in [9.17, 15) is 4.79 Å². The molecule has 2 aromatic carbocycles. The van der Waals surface area contributed by atoms with Crippen molar-refractivity contribution in [2.45, 2.75) is 6.04 Å². The summed E-state index contributed by atoms with van der Waals surface area (Å²) < 4.78 is 0. The average Bonchev–Trinajstić information content (AvgIpc) is 2.54. The maximum Gasteiger partial charge on any atom is 0.248 e. The second-order valence-electron chi connectivity index (χ2n) is 5.30. The maximum atomic E-state index is 12.0. The topological polar surface area (TPSA) is 32.3 Å². The molecule has 1 aliphatic heterocycles. The number of anilines is 1. The van der Waals surface area contributed by atoms with Gasteiger partial charge in [-0.3, -0.25) is 4.79 Å². The first kappa shape index (κ1) is 14.1. The number of carbonyl (C=O) groups is 1. The minimum absolute atomic E-state index is 0.0800. The maximum absolute atomic E-state index is 12.0. The molecule has 1 unspecified atom stereocenters. The van der Waals surface area contributed by atoms with Crippen LogP contribution in [0.4, 0.5) is 5.69 Å². The number of para-hydroxylation sites is 1. The summed E-state index contributed by atoms with van der Waals surface area (Å²) >= 11 is 0. The van der Waals surface area contributed by atoms with Gasteiger partial charge in [-0.1, -0.05) is 54.6 Å². The summed E-state index contributed by atoms with van der Waals surface area (Å²) in [6.07, 6.45) is 7.75. The van der Waals surface area contributed by atoms with Crippen molar-refractivity contribution in [3.05, 3.63) is 77.2 Å². The Bertz CT molecular complexity index is 809. The van der Waals surface area contributed by atoms with E-state index < -0.39 is 0 Å². The van der Waals surface area contributed by atoms with Crippen LogP contribution in [0.1, 0.15) is 0 Å². The minimum Gasteiger partial charge on any atom is -0.370 e. The van der Waals surface area contributed by atoms with Crippen molar-refractivity contribution in [3.63, 3.8) is 0 Å². The van der Waals surface area contributed by atoms with Crippen molar-refractivity contribution < 1.29 is 4.79 Å². The molecule has 0 fully saturated rings. The highest BCUT2D eigenvalue weighted by Crippen LogP contribution is 2.06. The number of nitrogens with one attached hydrogen (secondary N) is 1. The number of rotatable bonds is 3. The molecule has 2 aromatic rings. The van der Waals surface area contributed by atoms with E-state index in [1.165, 1.54) is 10.4 Å². The van der Waals surface area contributed by atoms with Crippen LogP contribution in [0, 0.1) is 0 Å². The van der Waals surface area contributed by atoms with Crippen molar-refractivity contribution >= 4 is 23.9 Å². The highest BCUT2D eigenvalue weighted by Gasteiger charge is 2.09. The quantitative estimate of drug-likeness (QED) is 0.873. The molecule has 1 amide bonds. The van der Waals surface area contributed by atoms with Gasteiger partial charge in [-0.05, 0) is 22.6 Å². The Hall–Kier alpha value is -2.81. The Labute approximate surface area is 129 Å². The number of hydrogen-bond acceptors (Lipinski definition) is 2. The van der Waals surface area contributed by atoms with Crippen LogP contribution in [0.2, 0.25) is 0 Å². The lowest BCUT2D eigenvalue weighted by molar-refractivity contribution is -0.111. The third-order valence-electron chi connectivity index (χ3n) is 3.65. The summed E-state index contributed by atoms with van der Waals surface area (Å²) in [4.78, 5) is 14.1. The molecule has 3 rings (SSSR count). The van der Waals surface area contributed by atoms with Crippen molar-refractivity contribution in [1.29, 1.82) is 0 Å². The van der Waals surface area contributed by atoms with Crippen LogP contribution in [0.5, 0.6) is 0 Å². The normalized spacial score (nSPS) is 16.6. The van der Waals surface area contributed by atoms with Gasteiger partial charge in [0.2, 0.25) is 5.91 Å². The smallest absolute Gasteiger partial charge is 0.248 e. The van der Waals surface area contributed by atoms with Gasteiger partial charge in [-0.2, -0.15) is 0 Å². The molecule has 0 spiro atoms. The standard InChI is InChI=1S/C19H18N2O/c1-21-14-16-8-6-5-7-15(16)13-18(21)11-12-19(22)20-17-9-3-2-4-10-17/h2-14,18H,1H3,(H,20,22)/b12-11+. The molecular formula is C19H18N2O. The molecule has 0 saturated carbocycles. The number of nitrogens with zero attached hydrogens (tertiary/aromatic N) is 1. The third-order valence-corrected chi connectivity index (χ3v) is 3.65. The first-order valence-electron chi connectivity index (χ1n) is 7.27. The molecule has 0 aromatic heterocycles. The second-order valence-corrected chi connectivity index (χ2v) is 5.30. The zero-order valence-corrected chi connectivity index (χ0v) is 12.4. The summed E-state index contributed by atoms with van der Waals surface area (Å²) in [6, 6.07) is 17.8. The first-order valence-corrected chi connectivity index (χ1v) is 7.27. The van der Waals surface area contributed by atoms with Gasteiger partial charge in [0.1, 0.15) is 0 Å². The fourth-order valence-corrected chi connectivity index (χ4v) is 2.47. The van der Waals surface area contributed by atoms with E-state index in [1.807, 2.05) is 55.6 Å². The van der Waals surface area contributed by atoms with Crippen molar-refractivity contribution in [1.82, 2.24) is 4.90 Å². The van der Waals surface area contributed by atoms with Crippen LogP contribution in [0.25, 0.3) is 12.3 Å². The zero-order valence-electron chi connectivity index (χ0n) is 12.4. The van der Waals surface area contributed by atoms with Crippen LogP contribution in [0.15, 0.2) is 66.7 Å². The molecule has 0 aliphatic carbocycles. The van der Waals surface area contributed by atoms with Crippen LogP contribution in [-0.2, 0) is 4.79 Å². The number of fused-ring (bicyclic) bond motifs is 1. The molecule has 1 aliphatic rings. The van der Waals surface area contributed by atoms with Crippen molar-refractivity contribution in [2.75, 3.05) is 12.4 Å². The highest BCUT2D eigenvalue weighted by molar-refractivity contribution is 5.99. The molecule has 3 nitrogen and oxygen atoms in total. The predicted molar refractivity (Wildman–Crippen MR) is 90.4 cm³/mol. The molecule has 0 bridgehead atoms. The van der Waals surface area contributed by atoms with Crippen molar-refractivity contribution in [2.24, 2.45) is 0 Å². The van der Waals surface area contributed by atoms with E-state index in [4.69, 9.17) is 0 Å². The number of carbonyl (C=O) groups excluding carboxylic acids is 1. The Morgan fingerprint density at radius 1 is 1.05 bits per heavy atom.